The zero-order chi connectivity index (χ0) is 42.6. The molecule has 64 heavy (non-hydrogen) atoms. The Morgan fingerprint density at radius 3 is 1.78 bits per heavy atom. The van der Waals surface area contributed by atoms with Crippen molar-refractivity contribution >= 4 is 66.3 Å². The van der Waals surface area contributed by atoms with Crippen LogP contribution in [-0.2, 0) is 0 Å². The van der Waals surface area contributed by atoms with Crippen molar-refractivity contribution < 1.29 is 4.42 Å². The van der Waals surface area contributed by atoms with Crippen molar-refractivity contribution in [3.63, 3.8) is 0 Å². The molecule has 0 amide bonds. The zero-order valence-electron chi connectivity index (χ0n) is 34.6. The van der Waals surface area contributed by atoms with Crippen molar-refractivity contribution in [2.75, 3.05) is 0 Å². The van der Waals surface area contributed by atoms with Crippen molar-refractivity contribution in [1.82, 2.24) is 19.5 Å². The fourth-order valence-corrected chi connectivity index (χ4v) is 9.43. The molecule has 3 aromatic heterocycles. The summed E-state index contributed by atoms with van der Waals surface area (Å²) in [5.74, 6) is 1.69. The van der Waals surface area contributed by atoms with E-state index >= 15 is 0 Å². The first-order valence-electron chi connectivity index (χ1n) is 21.5. The van der Waals surface area contributed by atoms with Gasteiger partial charge in [-0.1, -0.05) is 158 Å². The molecule has 8 aromatic carbocycles. The fourth-order valence-electron chi connectivity index (χ4n) is 9.43. The van der Waals surface area contributed by atoms with Gasteiger partial charge in [0.15, 0.2) is 23.2 Å². The van der Waals surface area contributed by atoms with Crippen LogP contribution in [0.5, 0.6) is 0 Å². The normalized spacial score (nSPS) is 14.0. The second kappa shape index (κ2) is 15.4. The number of aromatic nitrogens is 4. The van der Waals surface area contributed by atoms with Gasteiger partial charge in [-0.2, -0.15) is 0 Å². The summed E-state index contributed by atoms with van der Waals surface area (Å²) < 4.78 is 8.79. The molecule has 12 rings (SSSR count). The number of nitrogens with zero attached hydrogens (tertiary/aromatic N) is 5. The average Bonchev–Trinajstić information content (AvgIpc) is 3.91. The monoisotopic (exact) mass is 819 g/mol. The molecule has 300 valence electrons. The summed E-state index contributed by atoms with van der Waals surface area (Å²) in [4.78, 5) is 19.6. The minimum Gasteiger partial charge on any atom is -0.456 e. The first-order valence-corrected chi connectivity index (χ1v) is 21.5. The Hall–Kier alpha value is -8.66. The molecule has 0 radical (unpaired) electrons. The van der Waals surface area contributed by atoms with Gasteiger partial charge in [0.2, 0.25) is 0 Å². The van der Waals surface area contributed by atoms with E-state index in [1.807, 2.05) is 72.8 Å². The van der Waals surface area contributed by atoms with E-state index < -0.39 is 0 Å². The minimum atomic E-state index is -0.114. The molecule has 3 heterocycles. The van der Waals surface area contributed by atoms with Crippen molar-refractivity contribution in [1.29, 1.82) is 0 Å². The number of benzene rings is 8. The number of allylic oxidation sites excluding steroid dienone is 4. The van der Waals surface area contributed by atoms with E-state index in [2.05, 4.69) is 143 Å². The van der Waals surface area contributed by atoms with Gasteiger partial charge in [0.1, 0.15) is 11.2 Å². The van der Waals surface area contributed by atoms with Crippen LogP contribution in [0.25, 0.3) is 99.3 Å². The summed E-state index contributed by atoms with van der Waals surface area (Å²) in [6, 6.07) is 69.2. The molecule has 6 nitrogen and oxygen atoms in total. The quantitative estimate of drug-likeness (QED) is 0.150. The lowest BCUT2D eigenvalue weighted by molar-refractivity contribution is 0.669. The molecular weight excluding hydrogens is 783 g/mol. The molecule has 0 aliphatic heterocycles. The van der Waals surface area contributed by atoms with Gasteiger partial charge in [0.25, 0.3) is 0 Å². The second-order valence-electron chi connectivity index (χ2n) is 16.2. The van der Waals surface area contributed by atoms with Gasteiger partial charge >= 0.3 is 0 Å². The molecule has 11 aromatic rings. The molecule has 1 atom stereocenters. The highest BCUT2D eigenvalue weighted by molar-refractivity contribution is 6.15. The van der Waals surface area contributed by atoms with Crippen molar-refractivity contribution in [2.45, 2.75) is 12.3 Å². The van der Waals surface area contributed by atoms with Crippen LogP contribution in [-0.4, -0.2) is 19.5 Å². The van der Waals surface area contributed by atoms with Gasteiger partial charge in [-0.05, 0) is 88.2 Å². The number of fused-ring (bicyclic) bond motifs is 6. The van der Waals surface area contributed by atoms with Gasteiger partial charge in [-0.3, -0.25) is 0 Å². The van der Waals surface area contributed by atoms with Crippen LogP contribution in [0.1, 0.15) is 29.3 Å². The van der Waals surface area contributed by atoms with Crippen LogP contribution >= 0.6 is 0 Å². The summed E-state index contributed by atoms with van der Waals surface area (Å²) in [6.45, 7) is 7.98. The predicted molar refractivity (Wildman–Crippen MR) is 260 cm³/mol. The van der Waals surface area contributed by atoms with Crippen LogP contribution in [0.4, 0.5) is 5.69 Å². The second-order valence-corrected chi connectivity index (χ2v) is 16.2. The predicted octanol–water partition coefficient (Wildman–Crippen LogP) is 15.1. The molecule has 0 spiro atoms. The van der Waals surface area contributed by atoms with E-state index in [0.717, 1.165) is 88.4 Å². The zero-order valence-corrected chi connectivity index (χ0v) is 34.6. The number of furan rings is 1. The average molecular weight is 820 g/mol. The molecule has 0 saturated carbocycles. The highest BCUT2D eigenvalue weighted by atomic mass is 16.3. The molecule has 0 N–H and O–H groups in total. The lowest BCUT2D eigenvalue weighted by Crippen LogP contribution is -2.16. The third-order valence-electron chi connectivity index (χ3n) is 12.5. The minimum absolute atomic E-state index is 0.114. The highest BCUT2D eigenvalue weighted by Gasteiger charge is 2.32. The van der Waals surface area contributed by atoms with Crippen LogP contribution in [0.2, 0.25) is 0 Å². The van der Waals surface area contributed by atoms with E-state index in [0.29, 0.717) is 29.6 Å². The Balaban J connectivity index is 1.13. The van der Waals surface area contributed by atoms with Crippen molar-refractivity contribution in [3.8, 4) is 33.9 Å². The Morgan fingerprint density at radius 2 is 1.05 bits per heavy atom. The number of hydrogen-bond acceptors (Lipinski definition) is 4. The lowest BCUT2D eigenvalue weighted by atomic mass is 9.80. The summed E-state index contributed by atoms with van der Waals surface area (Å²) in [5, 5.41) is 4.26. The molecule has 0 bridgehead atoms. The molecule has 6 heteroatoms. The van der Waals surface area contributed by atoms with Crippen LogP contribution < -0.4 is 0 Å². The molecule has 1 aliphatic carbocycles. The SMILES string of the molecule is [C-]#[N+]c1ccc2c(c1)c1cc(-c3ccccc3)ccc1n2C1=C(c2ccccc2)C=C(c2nc(-c3ccccc3)nc(-c3ccc4c(c3)oc3ccccc34)n2)CC1c1ccccc1. The van der Waals surface area contributed by atoms with Gasteiger partial charge in [0, 0.05) is 44.5 Å². The first-order chi connectivity index (χ1) is 31.7. The summed E-state index contributed by atoms with van der Waals surface area (Å²) in [6.07, 6.45) is 2.92. The van der Waals surface area contributed by atoms with Crippen LogP contribution in [0, 0.1) is 6.57 Å². The Kier molecular flexibility index (Phi) is 8.91. The fraction of sp³-hybridized carbons (Fsp3) is 0.0345. The maximum atomic E-state index is 7.98. The van der Waals surface area contributed by atoms with E-state index in [9.17, 15) is 0 Å². The van der Waals surface area contributed by atoms with Gasteiger partial charge < -0.3 is 8.98 Å². The molecule has 0 fully saturated rings. The Labute approximate surface area is 369 Å². The van der Waals surface area contributed by atoms with E-state index in [-0.39, 0.29) is 5.92 Å². The summed E-state index contributed by atoms with van der Waals surface area (Å²) in [7, 11) is 0. The maximum Gasteiger partial charge on any atom is 0.188 e. The molecule has 1 unspecified atom stereocenters. The smallest absolute Gasteiger partial charge is 0.188 e. The van der Waals surface area contributed by atoms with E-state index in [1.54, 1.807) is 0 Å². The lowest BCUT2D eigenvalue weighted by Gasteiger charge is -2.31. The first kappa shape index (κ1) is 37.1. The highest BCUT2D eigenvalue weighted by Crippen LogP contribution is 2.49. The third kappa shape index (κ3) is 6.38. The summed E-state index contributed by atoms with van der Waals surface area (Å²) in [5.41, 5.74) is 13.9. The third-order valence-corrected chi connectivity index (χ3v) is 12.5. The number of para-hydroxylation sites is 1. The maximum absolute atomic E-state index is 7.98. The van der Waals surface area contributed by atoms with Gasteiger partial charge in [-0.15, -0.1) is 0 Å². The number of rotatable bonds is 7. The van der Waals surface area contributed by atoms with E-state index in [4.69, 9.17) is 25.9 Å². The standard InChI is InChI=1S/C58H37N5O/c1-59-44-28-31-52-50(36-44)49-32-41(37-16-6-2-7-17-37)27-30-51(49)63(52)55-47(38-18-8-3-9-19-38)33-43(34-48(55)39-20-10-4-11-21-39)58-61-56(40-22-12-5-13-23-40)60-57(62-58)42-26-29-46-45-24-14-15-25-53(45)64-54(46)35-42/h2-33,35-36,48H,34H2. The Morgan fingerprint density at radius 1 is 0.469 bits per heavy atom. The van der Waals surface area contributed by atoms with Crippen LogP contribution in [0.15, 0.2) is 211 Å². The van der Waals surface area contributed by atoms with E-state index in [1.165, 1.54) is 5.56 Å². The molecule has 0 saturated heterocycles. The van der Waals surface area contributed by atoms with Gasteiger partial charge in [-0.25, -0.2) is 19.8 Å². The Bertz CT molecular complexity index is 3690. The summed E-state index contributed by atoms with van der Waals surface area (Å²) >= 11 is 0. The van der Waals surface area contributed by atoms with Gasteiger partial charge in [0.05, 0.1) is 17.6 Å². The van der Waals surface area contributed by atoms with Crippen molar-refractivity contribution in [3.05, 3.63) is 235 Å². The molecule has 1 aliphatic rings. The topological polar surface area (TPSA) is 61.1 Å². The number of hydrogen-bond donors (Lipinski definition) is 0. The largest absolute Gasteiger partial charge is 0.456 e. The molecular formula is C58H37N5O. The van der Waals surface area contributed by atoms with Crippen molar-refractivity contribution in [2.24, 2.45) is 0 Å². The van der Waals surface area contributed by atoms with Crippen LogP contribution in [0.3, 0.4) is 0 Å².